The molecular weight excluding hydrogens is 294 g/mol. The van der Waals surface area contributed by atoms with Gasteiger partial charge in [0.25, 0.3) is 0 Å². The Bertz CT molecular complexity index is 485. The van der Waals surface area contributed by atoms with Crippen molar-refractivity contribution in [2.75, 3.05) is 6.54 Å². The van der Waals surface area contributed by atoms with E-state index in [1.165, 1.54) is 0 Å². The first-order valence-corrected chi connectivity index (χ1v) is 9.21. The minimum atomic E-state index is -3.27. The fourth-order valence-electron chi connectivity index (χ4n) is 2.04. The van der Waals surface area contributed by atoms with Gasteiger partial charge in [0, 0.05) is 11.6 Å². The van der Waals surface area contributed by atoms with Crippen molar-refractivity contribution in [3.8, 4) is 0 Å². The molecule has 1 unspecified atom stereocenters. The standard InChI is InChI=1S/C15H24ClNO2S/c1-3-5-6-13(4-2)11-17-20(18,19)12-14-7-9-15(16)10-8-14/h7-10,13,17H,3-6,11-12H2,1-2H3. The minimum absolute atomic E-state index is 0.00831. The molecule has 3 nitrogen and oxygen atoms in total. The second kappa shape index (κ2) is 8.65. The quantitative estimate of drug-likeness (QED) is 0.749. The van der Waals surface area contributed by atoms with Crippen LogP contribution in [0.2, 0.25) is 5.02 Å². The fourth-order valence-corrected chi connectivity index (χ4v) is 3.39. The molecule has 1 N–H and O–H groups in total. The zero-order valence-electron chi connectivity index (χ0n) is 12.2. The van der Waals surface area contributed by atoms with Crippen molar-refractivity contribution >= 4 is 21.6 Å². The summed E-state index contributed by atoms with van der Waals surface area (Å²) in [6, 6.07) is 6.91. The average Bonchev–Trinajstić information content (AvgIpc) is 2.41. The van der Waals surface area contributed by atoms with Crippen LogP contribution in [0.3, 0.4) is 0 Å². The lowest BCUT2D eigenvalue weighted by Gasteiger charge is -2.15. The summed E-state index contributed by atoms with van der Waals surface area (Å²) in [7, 11) is -3.27. The highest BCUT2D eigenvalue weighted by Crippen LogP contribution is 2.14. The third-order valence-corrected chi connectivity index (χ3v) is 4.98. The molecule has 0 bridgehead atoms. The molecule has 0 spiro atoms. The van der Waals surface area contributed by atoms with Crippen LogP contribution in [0.5, 0.6) is 0 Å². The van der Waals surface area contributed by atoms with Gasteiger partial charge in [-0.2, -0.15) is 0 Å². The van der Waals surface area contributed by atoms with Crippen molar-refractivity contribution in [3.63, 3.8) is 0 Å². The van der Waals surface area contributed by atoms with Crippen LogP contribution in [0.1, 0.15) is 45.1 Å². The first kappa shape index (κ1) is 17.5. The summed E-state index contributed by atoms with van der Waals surface area (Å²) in [5.74, 6) is 0.434. The number of hydrogen-bond donors (Lipinski definition) is 1. The van der Waals surface area contributed by atoms with Crippen LogP contribution < -0.4 is 4.72 Å². The Morgan fingerprint density at radius 3 is 2.40 bits per heavy atom. The maximum atomic E-state index is 12.0. The highest BCUT2D eigenvalue weighted by Gasteiger charge is 2.14. The van der Waals surface area contributed by atoms with Crippen molar-refractivity contribution < 1.29 is 8.42 Å². The Morgan fingerprint density at radius 1 is 1.20 bits per heavy atom. The van der Waals surface area contributed by atoms with Crippen molar-refractivity contribution in [3.05, 3.63) is 34.9 Å². The van der Waals surface area contributed by atoms with Gasteiger partial charge in [-0.05, 0) is 30.0 Å². The van der Waals surface area contributed by atoms with E-state index in [9.17, 15) is 8.42 Å². The number of sulfonamides is 1. The monoisotopic (exact) mass is 317 g/mol. The SMILES string of the molecule is CCCCC(CC)CNS(=O)(=O)Cc1ccc(Cl)cc1. The Kier molecular flexibility index (Phi) is 7.56. The zero-order chi connectivity index (χ0) is 15.0. The fraction of sp³-hybridized carbons (Fsp3) is 0.600. The predicted octanol–water partition coefficient (Wildman–Crippen LogP) is 3.98. The van der Waals surface area contributed by atoms with Gasteiger partial charge in [0.15, 0.2) is 0 Å². The van der Waals surface area contributed by atoms with Crippen LogP contribution in [0.4, 0.5) is 0 Å². The van der Waals surface area contributed by atoms with Crippen molar-refractivity contribution in [2.45, 2.75) is 45.3 Å². The summed E-state index contributed by atoms with van der Waals surface area (Å²) in [5.41, 5.74) is 0.753. The highest BCUT2D eigenvalue weighted by molar-refractivity contribution is 7.88. The van der Waals surface area contributed by atoms with E-state index in [-0.39, 0.29) is 5.75 Å². The molecule has 5 heteroatoms. The highest BCUT2D eigenvalue weighted by atomic mass is 35.5. The van der Waals surface area contributed by atoms with E-state index in [0.717, 1.165) is 31.2 Å². The summed E-state index contributed by atoms with van der Waals surface area (Å²) >= 11 is 5.79. The summed E-state index contributed by atoms with van der Waals surface area (Å²) in [6.07, 6.45) is 4.38. The van der Waals surface area contributed by atoms with E-state index in [1.54, 1.807) is 24.3 Å². The minimum Gasteiger partial charge on any atom is -0.215 e. The molecule has 0 heterocycles. The van der Waals surface area contributed by atoms with E-state index < -0.39 is 10.0 Å². The molecule has 1 rings (SSSR count). The third-order valence-electron chi connectivity index (χ3n) is 3.41. The normalized spacial score (nSPS) is 13.3. The van der Waals surface area contributed by atoms with Gasteiger partial charge in [0.05, 0.1) is 5.75 Å². The van der Waals surface area contributed by atoms with Gasteiger partial charge in [-0.3, -0.25) is 0 Å². The van der Waals surface area contributed by atoms with Crippen LogP contribution in [0.25, 0.3) is 0 Å². The first-order chi connectivity index (χ1) is 9.46. The molecule has 0 fully saturated rings. The summed E-state index contributed by atoms with van der Waals surface area (Å²) < 4.78 is 26.8. The molecule has 1 aromatic rings. The lowest BCUT2D eigenvalue weighted by atomic mass is 10.00. The molecule has 1 atom stereocenters. The lowest BCUT2D eigenvalue weighted by Crippen LogP contribution is -2.30. The maximum absolute atomic E-state index is 12.0. The number of rotatable bonds is 9. The van der Waals surface area contributed by atoms with Crippen molar-refractivity contribution in [2.24, 2.45) is 5.92 Å². The molecule has 0 amide bonds. The number of hydrogen-bond acceptors (Lipinski definition) is 2. The number of halogens is 1. The van der Waals surface area contributed by atoms with E-state index in [1.807, 2.05) is 0 Å². The topological polar surface area (TPSA) is 46.2 Å². The smallest absolute Gasteiger partial charge is 0.215 e. The molecule has 114 valence electrons. The van der Waals surface area contributed by atoms with Gasteiger partial charge in [-0.25, -0.2) is 13.1 Å². The van der Waals surface area contributed by atoms with Crippen LogP contribution in [-0.2, 0) is 15.8 Å². The molecular formula is C15H24ClNO2S. The van der Waals surface area contributed by atoms with Crippen molar-refractivity contribution in [1.82, 2.24) is 4.72 Å². The zero-order valence-corrected chi connectivity index (χ0v) is 13.8. The van der Waals surface area contributed by atoms with Crippen LogP contribution >= 0.6 is 11.6 Å². The van der Waals surface area contributed by atoms with Gasteiger partial charge in [-0.1, -0.05) is 56.8 Å². The first-order valence-electron chi connectivity index (χ1n) is 7.18. The molecule has 0 aliphatic heterocycles. The summed E-state index contributed by atoms with van der Waals surface area (Å²) in [6.45, 7) is 4.79. The largest absolute Gasteiger partial charge is 0.215 e. The molecule has 0 aliphatic rings. The molecule has 0 saturated heterocycles. The predicted molar refractivity (Wildman–Crippen MR) is 85.4 cm³/mol. The molecule has 0 aliphatic carbocycles. The van der Waals surface area contributed by atoms with Gasteiger partial charge in [-0.15, -0.1) is 0 Å². The Hall–Kier alpha value is -0.580. The number of benzene rings is 1. The molecule has 20 heavy (non-hydrogen) atoms. The maximum Gasteiger partial charge on any atom is 0.215 e. The van der Waals surface area contributed by atoms with Crippen LogP contribution in [-0.4, -0.2) is 15.0 Å². The molecule has 0 aromatic heterocycles. The molecule has 0 radical (unpaired) electrons. The second-order valence-corrected chi connectivity index (χ2v) is 7.39. The Labute approximate surface area is 127 Å². The number of nitrogens with one attached hydrogen (secondary N) is 1. The lowest BCUT2D eigenvalue weighted by molar-refractivity contribution is 0.443. The van der Waals surface area contributed by atoms with Gasteiger partial charge < -0.3 is 0 Å². The van der Waals surface area contributed by atoms with E-state index in [4.69, 9.17) is 11.6 Å². The van der Waals surface area contributed by atoms with Gasteiger partial charge >= 0.3 is 0 Å². The Morgan fingerprint density at radius 2 is 1.85 bits per heavy atom. The van der Waals surface area contributed by atoms with Gasteiger partial charge in [0.1, 0.15) is 0 Å². The summed E-state index contributed by atoms with van der Waals surface area (Å²) in [4.78, 5) is 0. The van der Waals surface area contributed by atoms with Crippen LogP contribution in [0.15, 0.2) is 24.3 Å². The third kappa shape index (κ3) is 6.73. The summed E-state index contributed by atoms with van der Waals surface area (Å²) in [5, 5.41) is 0.615. The van der Waals surface area contributed by atoms with E-state index in [0.29, 0.717) is 17.5 Å². The van der Waals surface area contributed by atoms with E-state index >= 15 is 0 Å². The average molecular weight is 318 g/mol. The number of unbranched alkanes of at least 4 members (excludes halogenated alkanes) is 1. The second-order valence-electron chi connectivity index (χ2n) is 5.15. The van der Waals surface area contributed by atoms with Crippen LogP contribution in [0, 0.1) is 5.92 Å². The Balaban J connectivity index is 2.50. The molecule has 1 aromatic carbocycles. The molecule has 0 saturated carbocycles. The van der Waals surface area contributed by atoms with Gasteiger partial charge in [0.2, 0.25) is 10.0 Å². The van der Waals surface area contributed by atoms with E-state index in [2.05, 4.69) is 18.6 Å². The van der Waals surface area contributed by atoms with Crippen molar-refractivity contribution in [1.29, 1.82) is 0 Å².